The zero-order chi connectivity index (χ0) is 22.5. The number of furan rings is 1. The van der Waals surface area contributed by atoms with E-state index in [1.807, 2.05) is 49.4 Å². The maximum Gasteiger partial charge on any atom is 0.307 e. The van der Waals surface area contributed by atoms with E-state index in [0.29, 0.717) is 17.6 Å². The molecule has 0 unspecified atom stereocenters. The molecule has 0 aliphatic heterocycles. The lowest BCUT2D eigenvalue weighted by atomic mass is 10.1. The normalized spacial score (nSPS) is 11.0. The minimum Gasteiger partial charge on any atom is -0.489 e. The molecule has 0 atom stereocenters. The smallest absolute Gasteiger partial charge is 0.307 e. The Labute approximate surface area is 183 Å². The summed E-state index contributed by atoms with van der Waals surface area (Å²) in [4.78, 5) is 22.6. The number of rotatable bonds is 7. The second-order valence-electron chi connectivity index (χ2n) is 7.14. The number of amides is 1. The van der Waals surface area contributed by atoms with Crippen LogP contribution in [0.5, 0.6) is 5.75 Å². The Morgan fingerprint density at radius 2 is 1.94 bits per heavy atom. The maximum atomic E-state index is 12.2. The van der Waals surface area contributed by atoms with E-state index in [2.05, 4.69) is 16.6 Å². The maximum absolute atomic E-state index is 12.2. The third-order valence-electron chi connectivity index (χ3n) is 4.68. The Kier molecular flexibility index (Phi) is 5.94. The molecule has 1 N–H and O–H groups in total. The van der Waals surface area contributed by atoms with Crippen LogP contribution in [-0.4, -0.2) is 17.0 Å². The van der Waals surface area contributed by atoms with Crippen molar-refractivity contribution in [2.75, 3.05) is 0 Å². The van der Waals surface area contributed by atoms with Gasteiger partial charge >= 0.3 is 5.91 Å². The molecule has 1 amide bonds. The van der Waals surface area contributed by atoms with Crippen LogP contribution in [0, 0.1) is 17.0 Å². The largest absolute Gasteiger partial charge is 0.489 e. The zero-order valence-electron chi connectivity index (χ0n) is 17.1. The topological polar surface area (TPSA) is 107 Å². The van der Waals surface area contributed by atoms with Crippen molar-refractivity contribution in [1.29, 1.82) is 0 Å². The third-order valence-corrected chi connectivity index (χ3v) is 4.68. The molecule has 0 saturated carbocycles. The number of nitro benzene ring substituents is 1. The number of fused-ring (bicyclic) bond motifs is 1. The number of non-ortho nitro benzene ring substituents is 1. The van der Waals surface area contributed by atoms with E-state index in [9.17, 15) is 14.9 Å². The van der Waals surface area contributed by atoms with E-state index >= 15 is 0 Å². The van der Waals surface area contributed by atoms with Crippen molar-refractivity contribution < 1.29 is 18.9 Å². The molecule has 0 radical (unpaired) electrons. The zero-order valence-corrected chi connectivity index (χ0v) is 17.1. The SMILES string of the molecule is Cc1cccc(COc2ccc(/C=N\NC(=O)c3cc4cc([N+](=O)[O-])ccc4o3)cc2)c1. The summed E-state index contributed by atoms with van der Waals surface area (Å²) in [5.74, 6) is 0.180. The second-order valence-corrected chi connectivity index (χ2v) is 7.14. The van der Waals surface area contributed by atoms with Crippen LogP contribution in [0.4, 0.5) is 5.69 Å². The molecule has 1 aromatic heterocycles. The van der Waals surface area contributed by atoms with Gasteiger partial charge in [-0.05, 0) is 54.4 Å². The van der Waals surface area contributed by atoms with Crippen molar-refractivity contribution in [2.45, 2.75) is 13.5 Å². The fourth-order valence-corrected chi connectivity index (χ4v) is 3.10. The number of benzene rings is 3. The van der Waals surface area contributed by atoms with Crippen LogP contribution in [0.1, 0.15) is 27.2 Å². The molecule has 0 aliphatic rings. The van der Waals surface area contributed by atoms with Crippen LogP contribution >= 0.6 is 0 Å². The van der Waals surface area contributed by atoms with Gasteiger partial charge in [0.15, 0.2) is 5.76 Å². The highest BCUT2D eigenvalue weighted by Gasteiger charge is 2.14. The first-order valence-electron chi connectivity index (χ1n) is 9.78. The van der Waals surface area contributed by atoms with Crippen LogP contribution in [0.2, 0.25) is 0 Å². The van der Waals surface area contributed by atoms with Gasteiger partial charge < -0.3 is 9.15 Å². The first-order valence-corrected chi connectivity index (χ1v) is 9.78. The van der Waals surface area contributed by atoms with E-state index in [0.717, 1.165) is 16.9 Å². The molecule has 160 valence electrons. The van der Waals surface area contributed by atoms with Crippen LogP contribution < -0.4 is 10.2 Å². The predicted molar refractivity (Wildman–Crippen MR) is 120 cm³/mol. The highest BCUT2D eigenvalue weighted by molar-refractivity contribution is 5.97. The fourth-order valence-electron chi connectivity index (χ4n) is 3.10. The highest BCUT2D eigenvalue weighted by Crippen LogP contribution is 2.24. The van der Waals surface area contributed by atoms with Crippen LogP contribution in [0.3, 0.4) is 0 Å². The monoisotopic (exact) mass is 429 g/mol. The lowest BCUT2D eigenvalue weighted by molar-refractivity contribution is -0.384. The second kappa shape index (κ2) is 9.13. The number of aryl methyl sites for hydroxylation is 1. The lowest BCUT2D eigenvalue weighted by Crippen LogP contribution is -2.16. The number of nitrogens with one attached hydrogen (secondary N) is 1. The average Bonchev–Trinajstić information content (AvgIpc) is 3.22. The van der Waals surface area contributed by atoms with E-state index in [1.165, 1.54) is 36.0 Å². The van der Waals surface area contributed by atoms with Gasteiger partial charge in [-0.1, -0.05) is 29.8 Å². The molecule has 8 heteroatoms. The van der Waals surface area contributed by atoms with Crippen molar-refractivity contribution in [3.8, 4) is 5.75 Å². The number of hydrazone groups is 1. The van der Waals surface area contributed by atoms with Gasteiger partial charge in [-0.25, -0.2) is 5.43 Å². The molecule has 4 aromatic rings. The molecule has 0 saturated heterocycles. The van der Waals surface area contributed by atoms with Gasteiger partial charge in [0.25, 0.3) is 5.69 Å². The predicted octanol–water partition coefficient (Wildman–Crippen LogP) is 4.99. The van der Waals surface area contributed by atoms with Gasteiger partial charge in [0, 0.05) is 17.5 Å². The third kappa shape index (κ3) is 4.99. The molecule has 0 aliphatic carbocycles. The van der Waals surface area contributed by atoms with Crippen molar-refractivity contribution in [1.82, 2.24) is 5.43 Å². The Hall–Kier alpha value is -4.46. The minimum atomic E-state index is -0.557. The molecule has 0 spiro atoms. The van der Waals surface area contributed by atoms with Gasteiger partial charge in [0.05, 0.1) is 11.1 Å². The number of carbonyl (C=O) groups excluding carboxylic acids is 1. The number of carbonyl (C=O) groups is 1. The van der Waals surface area contributed by atoms with E-state index in [-0.39, 0.29) is 11.4 Å². The number of hydrogen-bond donors (Lipinski definition) is 1. The molecule has 0 fully saturated rings. The summed E-state index contributed by atoms with van der Waals surface area (Å²) in [5.41, 5.74) is 5.74. The molecule has 4 rings (SSSR count). The summed E-state index contributed by atoms with van der Waals surface area (Å²) in [6.45, 7) is 2.52. The summed E-state index contributed by atoms with van der Waals surface area (Å²) in [5, 5.41) is 15.3. The quantitative estimate of drug-likeness (QED) is 0.253. The number of nitrogens with zero attached hydrogens (tertiary/aromatic N) is 2. The lowest BCUT2D eigenvalue weighted by Gasteiger charge is -2.07. The standard InChI is InChI=1S/C24H19N3O5/c1-16-3-2-4-18(11-16)15-31-21-8-5-17(6-9-21)14-25-26-24(28)23-13-19-12-20(27(29)30)7-10-22(19)32-23/h2-14H,15H2,1H3,(H,26,28)/b25-14-. The van der Waals surface area contributed by atoms with E-state index in [4.69, 9.17) is 9.15 Å². The Morgan fingerprint density at radius 1 is 1.12 bits per heavy atom. The summed E-state index contributed by atoms with van der Waals surface area (Å²) in [6, 6.07) is 21.0. The minimum absolute atomic E-state index is 0.0116. The first-order chi connectivity index (χ1) is 15.5. The van der Waals surface area contributed by atoms with Crippen LogP contribution in [-0.2, 0) is 6.61 Å². The molecular formula is C24H19N3O5. The van der Waals surface area contributed by atoms with Crippen LogP contribution in [0.15, 0.2) is 82.3 Å². The Balaban J connectivity index is 1.33. The van der Waals surface area contributed by atoms with Gasteiger partial charge in [0.1, 0.15) is 17.9 Å². The average molecular weight is 429 g/mol. The molecule has 32 heavy (non-hydrogen) atoms. The number of ether oxygens (including phenoxy) is 1. The Morgan fingerprint density at radius 3 is 2.69 bits per heavy atom. The van der Waals surface area contributed by atoms with Gasteiger partial charge in [0.2, 0.25) is 0 Å². The number of nitro groups is 1. The summed E-state index contributed by atoms with van der Waals surface area (Å²) in [7, 11) is 0. The summed E-state index contributed by atoms with van der Waals surface area (Å²) < 4.78 is 11.2. The van der Waals surface area contributed by atoms with Gasteiger partial charge in [-0.3, -0.25) is 14.9 Å². The molecular weight excluding hydrogens is 410 g/mol. The molecule has 1 heterocycles. The van der Waals surface area contributed by atoms with Gasteiger partial charge in [-0.15, -0.1) is 0 Å². The van der Waals surface area contributed by atoms with Crippen molar-refractivity contribution in [3.63, 3.8) is 0 Å². The van der Waals surface area contributed by atoms with E-state index in [1.54, 1.807) is 0 Å². The van der Waals surface area contributed by atoms with Gasteiger partial charge in [-0.2, -0.15) is 5.10 Å². The molecule has 8 nitrogen and oxygen atoms in total. The highest BCUT2D eigenvalue weighted by atomic mass is 16.6. The fraction of sp³-hybridized carbons (Fsp3) is 0.0833. The summed E-state index contributed by atoms with van der Waals surface area (Å²) in [6.07, 6.45) is 1.50. The molecule has 3 aromatic carbocycles. The first kappa shape index (κ1) is 20.8. The number of hydrogen-bond acceptors (Lipinski definition) is 6. The Bertz CT molecular complexity index is 1310. The van der Waals surface area contributed by atoms with Crippen molar-refractivity contribution in [2.24, 2.45) is 5.10 Å². The molecule has 0 bridgehead atoms. The van der Waals surface area contributed by atoms with Crippen LogP contribution in [0.25, 0.3) is 11.0 Å². The van der Waals surface area contributed by atoms with Crippen molar-refractivity contribution >= 4 is 28.8 Å². The summed E-state index contributed by atoms with van der Waals surface area (Å²) >= 11 is 0. The van der Waals surface area contributed by atoms with Crippen molar-refractivity contribution in [3.05, 3.63) is 105 Å². The van der Waals surface area contributed by atoms with E-state index < -0.39 is 10.8 Å².